The first-order chi connectivity index (χ1) is 15.1. The third-order valence-electron chi connectivity index (χ3n) is 4.11. The van der Waals surface area contributed by atoms with Gasteiger partial charge in [-0.05, 0) is 12.3 Å². The van der Waals surface area contributed by atoms with Crippen LogP contribution in [0.2, 0.25) is 0 Å². The van der Waals surface area contributed by atoms with E-state index in [1.807, 2.05) is 10.6 Å². The van der Waals surface area contributed by atoms with Gasteiger partial charge in [0.25, 0.3) is 0 Å². The Labute approximate surface area is 188 Å². The summed E-state index contributed by atoms with van der Waals surface area (Å²) in [5.41, 5.74) is 10.8. The number of primary amides is 1. The molecule has 0 aliphatic carbocycles. The van der Waals surface area contributed by atoms with Crippen LogP contribution in [0, 0.1) is 5.92 Å². The number of nitrogens with two attached hydrogens (primary N) is 2. The molecule has 15 nitrogen and oxygen atoms in total. The number of carbonyl (C=O) groups is 7. The highest BCUT2D eigenvalue weighted by Gasteiger charge is 2.32. The third-order valence-corrected chi connectivity index (χ3v) is 4.11. The van der Waals surface area contributed by atoms with E-state index in [0.717, 1.165) is 0 Å². The van der Waals surface area contributed by atoms with E-state index in [1.165, 1.54) is 0 Å². The Hall–Kier alpha value is -3.75. The number of hydrogen-bond acceptors (Lipinski definition) is 8. The lowest BCUT2D eigenvalue weighted by Gasteiger charge is -2.24. The van der Waals surface area contributed by atoms with E-state index in [0.29, 0.717) is 0 Å². The molecule has 0 fully saturated rings. The maximum Gasteiger partial charge on any atom is 0.326 e. The summed E-state index contributed by atoms with van der Waals surface area (Å²) in [6, 6.07) is -6.40. The van der Waals surface area contributed by atoms with Crippen molar-refractivity contribution in [3.05, 3.63) is 0 Å². The molecule has 0 aromatic rings. The topological polar surface area (TPSA) is 268 Å². The van der Waals surface area contributed by atoms with Crippen LogP contribution in [0.5, 0.6) is 0 Å². The minimum Gasteiger partial charge on any atom is -0.481 e. The number of carboxylic acid groups (broad SMARTS) is 3. The Morgan fingerprint density at radius 3 is 1.48 bits per heavy atom. The number of aliphatic carboxylic acids is 3. The van der Waals surface area contributed by atoms with Gasteiger partial charge in [-0.3, -0.25) is 28.8 Å². The zero-order valence-corrected chi connectivity index (χ0v) is 18.1. The summed E-state index contributed by atoms with van der Waals surface area (Å²) in [6.07, 6.45) is -2.48. The Kier molecular flexibility index (Phi) is 12.1. The molecule has 0 radical (unpaired) electrons. The van der Waals surface area contributed by atoms with Gasteiger partial charge in [-0.25, -0.2) is 4.79 Å². The zero-order chi connectivity index (χ0) is 25.9. The highest BCUT2D eigenvalue weighted by atomic mass is 16.4. The molecule has 15 heteroatoms. The van der Waals surface area contributed by atoms with Crippen molar-refractivity contribution in [2.45, 2.75) is 63.7 Å². The van der Waals surface area contributed by atoms with Crippen molar-refractivity contribution in [1.82, 2.24) is 16.0 Å². The van der Waals surface area contributed by atoms with Gasteiger partial charge in [0.1, 0.15) is 18.1 Å². The van der Waals surface area contributed by atoms with E-state index in [1.54, 1.807) is 13.8 Å². The molecule has 0 spiro atoms. The summed E-state index contributed by atoms with van der Waals surface area (Å²) in [5, 5.41) is 32.9. The second-order valence-electron chi connectivity index (χ2n) is 7.62. The maximum atomic E-state index is 12.6. The van der Waals surface area contributed by atoms with Crippen LogP contribution in [0.25, 0.3) is 0 Å². The Morgan fingerprint density at radius 1 is 0.697 bits per heavy atom. The molecule has 4 amide bonds. The van der Waals surface area contributed by atoms with E-state index in [4.69, 9.17) is 26.8 Å². The molecular formula is C18H29N5O10. The fourth-order valence-electron chi connectivity index (χ4n) is 2.61. The minimum absolute atomic E-state index is 0.0223. The first-order valence-corrected chi connectivity index (χ1v) is 9.75. The molecule has 186 valence electrons. The van der Waals surface area contributed by atoms with E-state index in [9.17, 15) is 33.6 Å². The largest absolute Gasteiger partial charge is 0.481 e. The van der Waals surface area contributed by atoms with E-state index >= 15 is 0 Å². The summed E-state index contributed by atoms with van der Waals surface area (Å²) >= 11 is 0. The summed E-state index contributed by atoms with van der Waals surface area (Å²) < 4.78 is 0. The van der Waals surface area contributed by atoms with Gasteiger partial charge in [-0.1, -0.05) is 13.8 Å². The lowest BCUT2D eigenvalue weighted by molar-refractivity contribution is -0.147. The molecule has 0 saturated carbocycles. The fourth-order valence-corrected chi connectivity index (χ4v) is 2.61. The van der Waals surface area contributed by atoms with E-state index in [-0.39, 0.29) is 12.3 Å². The monoisotopic (exact) mass is 475 g/mol. The van der Waals surface area contributed by atoms with Gasteiger partial charge in [0.2, 0.25) is 23.6 Å². The summed E-state index contributed by atoms with van der Waals surface area (Å²) in [7, 11) is 0. The molecule has 0 aromatic heterocycles. The van der Waals surface area contributed by atoms with Crippen LogP contribution in [0.4, 0.5) is 0 Å². The van der Waals surface area contributed by atoms with Crippen LogP contribution in [-0.4, -0.2) is 81.0 Å². The Bertz CT molecular complexity index is 785. The van der Waals surface area contributed by atoms with Crippen LogP contribution >= 0.6 is 0 Å². The van der Waals surface area contributed by atoms with Crippen LogP contribution in [-0.2, 0) is 33.6 Å². The molecule has 0 bridgehead atoms. The Balaban J connectivity index is 5.56. The number of nitrogens with one attached hydrogen (secondary N) is 3. The van der Waals surface area contributed by atoms with E-state index < -0.39 is 85.0 Å². The minimum atomic E-state index is -1.88. The van der Waals surface area contributed by atoms with Crippen molar-refractivity contribution in [3.63, 3.8) is 0 Å². The second kappa shape index (κ2) is 13.6. The highest BCUT2D eigenvalue weighted by molar-refractivity contribution is 5.97. The number of carbonyl (C=O) groups excluding carboxylic acids is 4. The molecule has 10 N–H and O–H groups in total. The molecule has 4 unspecified atom stereocenters. The average molecular weight is 475 g/mol. The van der Waals surface area contributed by atoms with Gasteiger partial charge in [-0.15, -0.1) is 0 Å². The number of rotatable bonds is 15. The van der Waals surface area contributed by atoms with Gasteiger partial charge in [0.05, 0.1) is 25.3 Å². The van der Waals surface area contributed by atoms with Crippen molar-refractivity contribution >= 4 is 41.5 Å². The molecule has 0 heterocycles. The van der Waals surface area contributed by atoms with Gasteiger partial charge in [-0.2, -0.15) is 0 Å². The molecule has 0 rings (SSSR count). The predicted molar refractivity (Wildman–Crippen MR) is 109 cm³/mol. The standard InChI is InChI=1S/C18H29N5O10/c1-7(2)3-8(19)15(29)21-10(5-13(25)26)17(31)22-9(4-12(20)24)16(30)23-11(18(32)33)6-14(27)28/h7-11H,3-6,19H2,1-2H3,(H2,20,24)(H,21,29)(H,22,31)(H,23,30)(H,25,26)(H,27,28)(H,32,33). The lowest BCUT2D eigenvalue weighted by Crippen LogP contribution is -2.58. The van der Waals surface area contributed by atoms with Crippen molar-refractivity contribution in [1.29, 1.82) is 0 Å². The van der Waals surface area contributed by atoms with Crippen LogP contribution < -0.4 is 27.4 Å². The fraction of sp³-hybridized carbons (Fsp3) is 0.611. The third kappa shape index (κ3) is 12.0. The van der Waals surface area contributed by atoms with Gasteiger partial charge in [0.15, 0.2) is 0 Å². The molecule has 0 aliphatic rings. The van der Waals surface area contributed by atoms with Gasteiger partial charge < -0.3 is 42.7 Å². The van der Waals surface area contributed by atoms with Crippen molar-refractivity contribution in [2.24, 2.45) is 17.4 Å². The van der Waals surface area contributed by atoms with Gasteiger partial charge >= 0.3 is 17.9 Å². The molecule has 33 heavy (non-hydrogen) atoms. The van der Waals surface area contributed by atoms with Crippen LogP contribution in [0.1, 0.15) is 39.5 Å². The maximum absolute atomic E-state index is 12.6. The normalized spacial score (nSPS) is 14.3. The summed E-state index contributed by atoms with van der Waals surface area (Å²) in [5.74, 6) is -9.04. The van der Waals surface area contributed by atoms with Crippen LogP contribution in [0.3, 0.4) is 0 Å². The molecule has 0 aromatic carbocycles. The lowest BCUT2D eigenvalue weighted by atomic mass is 10.0. The van der Waals surface area contributed by atoms with Gasteiger partial charge in [0, 0.05) is 0 Å². The smallest absolute Gasteiger partial charge is 0.326 e. The predicted octanol–water partition coefficient (Wildman–Crippen LogP) is -3.28. The quantitative estimate of drug-likeness (QED) is 0.116. The summed E-state index contributed by atoms with van der Waals surface area (Å²) in [6.45, 7) is 3.58. The molecular weight excluding hydrogens is 446 g/mol. The second-order valence-corrected chi connectivity index (χ2v) is 7.62. The average Bonchev–Trinajstić information content (AvgIpc) is 2.64. The summed E-state index contributed by atoms with van der Waals surface area (Å²) in [4.78, 5) is 81.5. The van der Waals surface area contributed by atoms with Crippen molar-refractivity contribution < 1.29 is 48.9 Å². The van der Waals surface area contributed by atoms with E-state index in [2.05, 4.69) is 5.32 Å². The van der Waals surface area contributed by atoms with Crippen molar-refractivity contribution in [3.8, 4) is 0 Å². The number of hydrogen-bond donors (Lipinski definition) is 8. The molecule has 0 saturated heterocycles. The first-order valence-electron chi connectivity index (χ1n) is 9.75. The van der Waals surface area contributed by atoms with Crippen molar-refractivity contribution in [2.75, 3.05) is 0 Å². The SMILES string of the molecule is CC(C)CC(N)C(=O)NC(CC(=O)O)C(=O)NC(CC(N)=O)C(=O)NC(CC(=O)O)C(=O)O. The zero-order valence-electron chi connectivity index (χ0n) is 18.1. The molecule has 0 aliphatic heterocycles. The molecule has 4 atom stereocenters. The number of carboxylic acids is 3. The Morgan fingerprint density at radius 2 is 1.09 bits per heavy atom. The first kappa shape index (κ1) is 29.2. The van der Waals surface area contributed by atoms with Crippen LogP contribution in [0.15, 0.2) is 0 Å². The number of amides is 4. The highest BCUT2D eigenvalue weighted by Crippen LogP contribution is 2.05.